The maximum absolute atomic E-state index is 11.8. The van der Waals surface area contributed by atoms with Crippen LogP contribution in [0.4, 0.5) is 0 Å². The summed E-state index contributed by atoms with van der Waals surface area (Å²) in [5.74, 6) is 0.0522. The first-order chi connectivity index (χ1) is 7.53. The van der Waals surface area contributed by atoms with Crippen LogP contribution in [-0.2, 0) is 15.6 Å². The fourth-order valence-electron chi connectivity index (χ4n) is 1.44. The van der Waals surface area contributed by atoms with Gasteiger partial charge in [0.05, 0.1) is 5.75 Å². The van der Waals surface area contributed by atoms with Gasteiger partial charge in [0.2, 0.25) is 0 Å². The number of rotatable bonds is 5. The van der Waals surface area contributed by atoms with E-state index in [2.05, 4.69) is 5.32 Å². The van der Waals surface area contributed by atoms with Gasteiger partial charge >= 0.3 is 0 Å². The Kier molecular flexibility index (Phi) is 4.55. The van der Waals surface area contributed by atoms with Crippen LogP contribution in [0.1, 0.15) is 19.4 Å². The molecule has 0 bridgehead atoms. The van der Waals surface area contributed by atoms with Crippen LogP contribution in [0.2, 0.25) is 0 Å². The number of hydrogen-bond acceptors (Lipinski definition) is 3. The van der Waals surface area contributed by atoms with Crippen LogP contribution in [0.5, 0.6) is 0 Å². The van der Waals surface area contributed by atoms with Crippen LogP contribution in [-0.4, -0.2) is 15.0 Å². The largest absolute Gasteiger partial charge is 0.388 e. The minimum absolute atomic E-state index is 0.0522. The van der Waals surface area contributed by atoms with Gasteiger partial charge in [-0.1, -0.05) is 30.3 Å². The van der Waals surface area contributed by atoms with E-state index < -0.39 is 9.84 Å². The molecule has 0 saturated heterocycles. The maximum Gasteiger partial charge on any atom is 0.177 e. The molecule has 0 unspecified atom stereocenters. The highest BCUT2D eigenvalue weighted by Crippen LogP contribution is 2.08. The van der Waals surface area contributed by atoms with Crippen molar-refractivity contribution in [1.82, 2.24) is 5.32 Å². The smallest absolute Gasteiger partial charge is 0.177 e. The topological polar surface area (TPSA) is 46.2 Å². The lowest BCUT2D eigenvalue weighted by atomic mass is 10.2. The molecule has 0 aliphatic heterocycles. The van der Waals surface area contributed by atoms with Gasteiger partial charge < -0.3 is 5.32 Å². The second-order valence-corrected chi connectivity index (χ2v) is 5.47. The third kappa shape index (κ3) is 4.49. The van der Waals surface area contributed by atoms with E-state index in [9.17, 15) is 8.42 Å². The van der Waals surface area contributed by atoms with E-state index in [1.165, 1.54) is 5.41 Å². The molecule has 0 spiro atoms. The lowest BCUT2D eigenvalue weighted by Crippen LogP contribution is -2.12. The summed E-state index contributed by atoms with van der Waals surface area (Å²) in [5.41, 5.74) is 1.49. The van der Waals surface area contributed by atoms with Crippen molar-refractivity contribution in [3.05, 3.63) is 47.0 Å². The Balaban J connectivity index is 2.77. The van der Waals surface area contributed by atoms with Gasteiger partial charge in [0.25, 0.3) is 0 Å². The van der Waals surface area contributed by atoms with Gasteiger partial charge in [-0.05, 0) is 19.4 Å². The summed E-state index contributed by atoms with van der Waals surface area (Å²) in [7, 11) is -3.18. The molecule has 1 rings (SSSR count). The lowest BCUT2D eigenvalue weighted by Gasteiger charge is -2.04. The van der Waals surface area contributed by atoms with Gasteiger partial charge in [-0.3, -0.25) is 0 Å². The van der Waals surface area contributed by atoms with Crippen LogP contribution in [0.25, 0.3) is 0 Å². The molecule has 0 aromatic heterocycles. The Morgan fingerprint density at radius 3 is 2.50 bits per heavy atom. The molecular weight excluding hydrogens is 222 g/mol. The van der Waals surface area contributed by atoms with E-state index in [1.807, 2.05) is 37.3 Å². The van der Waals surface area contributed by atoms with Crippen molar-refractivity contribution in [2.45, 2.75) is 19.6 Å². The van der Waals surface area contributed by atoms with Gasteiger partial charge in [0.15, 0.2) is 9.84 Å². The zero-order valence-electron chi connectivity index (χ0n) is 9.60. The van der Waals surface area contributed by atoms with Gasteiger partial charge in [-0.2, -0.15) is 0 Å². The van der Waals surface area contributed by atoms with E-state index in [1.54, 1.807) is 6.92 Å². The van der Waals surface area contributed by atoms with E-state index >= 15 is 0 Å². The second-order valence-electron chi connectivity index (χ2n) is 3.62. The summed E-state index contributed by atoms with van der Waals surface area (Å²) in [4.78, 5) is 0. The zero-order valence-corrected chi connectivity index (χ0v) is 10.4. The second kappa shape index (κ2) is 5.70. The molecule has 0 aliphatic rings. The highest BCUT2D eigenvalue weighted by molar-refractivity contribution is 7.93. The van der Waals surface area contributed by atoms with E-state index in [0.29, 0.717) is 5.70 Å². The summed E-state index contributed by atoms with van der Waals surface area (Å²) in [5, 5.41) is 4.26. The van der Waals surface area contributed by atoms with E-state index in [0.717, 1.165) is 12.1 Å². The molecule has 0 aliphatic carbocycles. The summed E-state index contributed by atoms with van der Waals surface area (Å²) >= 11 is 0. The van der Waals surface area contributed by atoms with Crippen LogP contribution in [0.15, 0.2) is 41.4 Å². The minimum Gasteiger partial charge on any atom is -0.388 e. The standard InChI is InChI=1S/C12H17NO2S/c1-3-13-11(2)9-16(14,15)10-12-7-5-4-6-8-12/h4-9,13H,3,10H2,1-2H3/b11-9+. The number of sulfone groups is 1. The molecule has 0 amide bonds. The summed E-state index contributed by atoms with van der Waals surface area (Å²) in [6.45, 7) is 4.41. The highest BCUT2D eigenvalue weighted by Gasteiger charge is 2.08. The normalized spacial score (nSPS) is 12.5. The van der Waals surface area contributed by atoms with Crippen molar-refractivity contribution < 1.29 is 8.42 Å². The molecule has 4 heteroatoms. The molecular formula is C12H17NO2S. The Hall–Kier alpha value is -1.29. The lowest BCUT2D eigenvalue weighted by molar-refractivity contribution is 0.603. The molecule has 1 N–H and O–H groups in total. The first kappa shape index (κ1) is 12.8. The van der Waals surface area contributed by atoms with Crippen LogP contribution >= 0.6 is 0 Å². The molecule has 0 fully saturated rings. The van der Waals surface area contributed by atoms with Crippen molar-refractivity contribution in [3.8, 4) is 0 Å². The molecule has 1 aromatic carbocycles. The first-order valence-corrected chi connectivity index (χ1v) is 6.94. The Morgan fingerprint density at radius 2 is 1.94 bits per heavy atom. The fraction of sp³-hybridized carbons (Fsp3) is 0.333. The van der Waals surface area contributed by atoms with E-state index in [4.69, 9.17) is 0 Å². The van der Waals surface area contributed by atoms with Crippen molar-refractivity contribution >= 4 is 9.84 Å². The molecule has 88 valence electrons. The monoisotopic (exact) mass is 239 g/mol. The Bertz CT molecular complexity index is 449. The highest BCUT2D eigenvalue weighted by atomic mass is 32.2. The number of hydrogen-bond donors (Lipinski definition) is 1. The first-order valence-electron chi connectivity index (χ1n) is 5.22. The van der Waals surface area contributed by atoms with Crippen molar-refractivity contribution in [3.63, 3.8) is 0 Å². The quantitative estimate of drug-likeness (QED) is 0.855. The van der Waals surface area contributed by atoms with Crippen LogP contribution in [0.3, 0.4) is 0 Å². The predicted molar refractivity (Wildman–Crippen MR) is 66.5 cm³/mol. The molecule has 0 radical (unpaired) electrons. The Morgan fingerprint density at radius 1 is 1.31 bits per heavy atom. The molecule has 0 atom stereocenters. The summed E-state index contributed by atoms with van der Waals surface area (Å²) < 4.78 is 23.5. The van der Waals surface area contributed by atoms with E-state index in [-0.39, 0.29) is 5.75 Å². The van der Waals surface area contributed by atoms with Gasteiger partial charge in [0, 0.05) is 17.6 Å². The van der Waals surface area contributed by atoms with Crippen molar-refractivity contribution in [2.24, 2.45) is 0 Å². The SMILES string of the molecule is CCN/C(C)=C/S(=O)(=O)Cc1ccccc1. The van der Waals surface area contributed by atoms with Gasteiger partial charge in [0.1, 0.15) is 0 Å². The molecule has 1 aromatic rings. The van der Waals surface area contributed by atoms with Crippen molar-refractivity contribution in [1.29, 1.82) is 0 Å². The third-order valence-electron chi connectivity index (χ3n) is 2.02. The number of nitrogens with one attached hydrogen (secondary N) is 1. The molecule has 3 nitrogen and oxygen atoms in total. The van der Waals surface area contributed by atoms with Crippen LogP contribution < -0.4 is 5.32 Å². The maximum atomic E-state index is 11.8. The predicted octanol–water partition coefficient (Wildman–Crippen LogP) is 2.07. The summed E-state index contributed by atoms with van der Waals surface area (Å²) in [6, 6.07) is 9.18. The molecule has 0 heterocycles. The Labute approximate surface area is 97.1 Å². The number of benzene rings is 1. The summed E-state index contributed by atoms with van der Waals surface area (Å²) in [6.07, 6.45) is 0. The molecule has 0 saturated carbocycles. The number of allylic oxidation sites excluding steroid dienone is 1. The van der Waals surface area contributed by atoms with Gasteiger partial charge in [-0.25, -0.2) is 8.42 Å². The minimum atomic E-state index is -3.18. The third-order valence-corrected chi connectivity index (χ3v) is 3.47. The fourth-order valence-corrected chi connectivity index (χ4v) is 2.80. The average molecular weight is 239 g/mol. The van der Waals surface area contributed by atoms with Crippen LogP contribution in [0, 0.1) is 0 Å². The zero-order chi connectivity index (χ0) is 12.0. The van der Waals surface area contributed by atoms with Gasteiger partial charge in [-0.15, -0.1) is 0 Å². The average Bonchev–Trinajstić information content (AvgIpc) is 2.17. The molecule has 16 heavy (non-hydrogen) atoms. The van der Waals surface area contributed by atoms with Crippen molar-refractivity contribution in [2.75, 3.05) is 6.54 Å².